The van der Waals surface area contributed by atoms with Gasteiger partial charge in [0.05, 0.1) is 5.69 Å². The SMILES string of the molecule is CNC(=O)/C(=N\OC)c1ccccn1. The predicted molar refractivity (Wildman–Crippen MR) is 51.8 cm³/mol. The number of rotatable bonds is 3. The first-order valence-electron chi connectivity index (χ1n) is 4.04. The molecule has 5 heteroatoms. The van der Waals surface area contributed by atoms with Gasteiger partial charge in [-0.05, 0) is 12.1 Å². The average Bonchev–Trinajstić information content (AvgIpc) is 2.26. The zero-order valence-corrected chi connectivity index (χ0v) is 8.02. The second-order valence-electron chi connectivity index (χ2n) is 2.42. The van der Waals surface area contributed by atoms with Gasteiger partial charge in [-0.1, -0.05) is 11.2 Å². The quantitative estimate of drug-likeness (QED) is 0.550. The second kappa shape index (κ2) is 4.96. The van der Waals surface area contributed by atoms with Crippen molar-refractivity contribution < 1.29 is 9.63 Å². The molecule has 0 aliphatic carbocycles. The number of carbonyl (C=O) groups is 1. The zero-order chi connectivity index (χ0) is 10.4. The molecule has 0 bridgehead atoms. The monoisotopic (exact) mass is 193 g/mol. The van der Waals surface area contributed by atoms with Gasteiger partial charge in [-0.2, -0.15) is 0 Å². The van der Waals surface area contributed by atoms with Crippen LogP contribution in [0, 0.1) is 0 Å². The summed E-state index contributed by atoms with van der Waals surface area (Å²) >= 11 is 0. The van der Waals surface area contributed by atoms with Crippen molar-refractivity contribution >= 4 is 11.6 Å². The van der Waals surface area contributed by atoms with Gasteiger partial charge in [-0.25, -0.2) is 0 Å². The number of hydrogen-bond donors (Lipinski definition) is 1. The van der Waals surface area contributed by atoms with Crippen LogP contribution < -0.4 is 5.32 Å². The summed E-state index contributed by atoms with van der Waals surface area (Å²) in [7, 11) is 2.91. The van der Waals surface area contributed by atoms with Gasteiger partial charge < -0.3 is 10.2 Å². The molecule has 1 aromatic heterocycles. The van der Waals surface area contributed by atoms with E-state index in [0.29, 0.717) is 5.69 Å². The van der Waals surface area contributed by atoms with Gasteiger partial charge in [-0.3, -0.25) is 9.78 Å². The van der Waals surface area contributed by atoms with Gasteiger partial charge in [0.2, 0.25) is 0 Å². The number of aromatic nitrogens is 1. The number of likely N-dealkylation sites (N-methyl/N-ethyl adjacent to an activating group) is 1. The van der Waals surface area contributed by atoms with Crippen LogP contribution >= 0.6 is 0 Å². The van der Waals surface area contributed by atoms with E-state index in [1.54, 1.807) is 24.4 Å². The van der Waals surface area contributed by atoms with E-state index in [1.807, 2.05) is 0 Å². The van der Waals surface area contributed by atoms with Crippen molar-refractivity contribution in [2.75, 3.05) is 14.2 Å². The molecule has 0 atom stereocenters. The third kappa shape index (κ3) is 2.29. The van der Waals surface area contributed by atoms with E-state index in [1.165, 1.54) is 14.2 Å². The fraction of sp³-hybridized carbons (Fsp3) is 0.222. The van der Waals surface area contributed by atoms with Gasteiger partial charge in [-0.15, -0.1) is 0 Å². The third-order valence-corrected chi connectivity index (χ3v) is 1.53. The van der Waals surface area contributed by atoms with Crippen LogP contribution in [0.4, 0.5) is 0 Å². The molecule has 0 aliphatic heterocycles. The van der Waals surface area contributed by atoms with E-state index in [-0.39, 0.29) is 11.6 Å². The highest BCUT2D eigenvalue weighted by molar-refractivity contribution is 6.44. The van der Waals surface area contributed by atoms with Gasteiger partial charge in [0.15, 0.2) is 5.71 Å². The van der Waals surface area contributed by atoms with Crippen LogP contribution in [-0.2, 0) is 9.63 Å². The topological polar surface area (TPSA) is 63.6 Å². The Balaban J connectivity index is 3.02. The lowest BCUT2D eigenvalue weighted by atomic mass is 10.2. The summed E-state index contributed by atoms with van der Waals surface area (Å²) in [5, 5.41) is 6.07. The third-order valence-electron chi connectivity index (χ3n) is 1.53. The molecule has 14 heavy (non-hydrogen) atoms. The number of pyridine rings is 1. The average molecular weight is 193 g/mol. The molecule has 0 fully saturated rings. The Morgan fingerprint density at radius 2 is 2.36 bits per heavy atom. The number of nitrogens with one attached hydrogen (secondary N) is 1. The molecule has 5 nitrogen and oxygen atoms in total. The van der Waals surface area contributed by atoms with Crippen molar-refractivity contribution in [3.63, 3.8) is 0 Å². The van der Waals surface area contributed by atoms with E-state index in [2.05, 4.69) is 20.3 Å². The maximum Gasteiger partial charge on any atom is 0.275 e. The molecule has 0 unspecified atom stereocenters. The predicted octanol–water partition coefficient (Wildman–Crippen LogP) is 0.178. The highest BCUT2D eigenvalue weighted by Gasteiger charge is 2.13. The Kier molecular flexibility index (Phi) is 3.60. The standard InChI is InChI=1S/C9H11N3O2/c1-10-9(13)8(12-14-2)7-5-3-4-6-11-7/h3-6H,1-2H3,(H,10,13)/b12-8-. The van der Waals surface area contributed by atoms with E-state index < -0.39 is 0 Å². The number of amides is 1. The summed E-state index contributed by atoms with van der Waals surface area (Å²) in [4.78, 5) is 19.9. The highest BCUT2D eigenvalue weighted by Crippen LogP contribution is 1.97. The summed E-state index contributed by atoms with van der Waals surface area (Å²) in [6.45, 7) is 0. The molecule has 1 N–H and O–H groups in total. The van der Waals surface area contributed by atoms with Crippen molar-refractivity contribution in [1.82, 2.24) is 10.3 Å². The first-order valence-corrected chi connectivity index (χ1v) is 4.04. The maximum atomic E-state index is 11.3. The largest absolute Gasteiger partial charge is 0.398 e. The van der Waals surface area contributed by atoms with Gasteiger partial charge >= 0.3 is 0 Å². The maximum absolute atomic E-state index is 11.3. The minimum Gasteiger partial charge on any atom is -0.398 e. The fourth-order valence-corrected chi connectivity index (χ4v) is 0.917. The number of oxime groups is 1. The molecular weight excluding hydrogens is 182 g/mol. The van der Waals surface area contributed by atoms with Crippen molar-refractivity contribution in [3.8, 4) is 0 Å². The van der Waals surface area contributed by atoms with Crippen LogP contribution in [0.5, 0.6) is 0 Å². The molecule has 0 saturated carbocycles. The normalized spacial score (nSPS) is 10.9. The van der Waals surface area contributed by atoms with Gasteiger partial charge in [0.25, 0.3) is 5.91 Å². The van der Waals surface area contributed by atoms with Gasteiger partial charge in [0, 0.05) is 13.2 Å². The van der Waals surface area contributed by atoms with Crippen LogP contribution in [0.2, 0.25) is 0 Å². The minimum atomic E-state index is -0.328. The van der Waals surface area contributed by atoms with Gasteiger partial charge in [0.1, 0.15) is 7.11 Å². The minimum absolute atomic E-state index is 0.163. The number of hydrogen-bond acceptors (Lipinski definition) is 4. The molecule has 0 saturated heterocycles. The van der Waals surface area contributed by atoms with Crippen LogP contribution in [0.25, 0.3) is 0 Å². The Bertz CT molecular complexity index is 335. The first-order chi connectivity index (χ1) is 6.79. The summed E-state index contributed by atoms with van der Waals surface area (Å²) < 4.78 is 0. The Labute approximate surface area is 81.8 Å². The van der Waals surface area contributed by atoms with E-state index in [0.717, 1.165) is 0 Å². The van der Waals surface area contributed by atoms with E-state index in [4.69, 9.17) is 0 Å². The van der Waals surface area contributed by atoms with E-state index >= 15 is 0 Å². The Morgan fingerprint density at radius 3 is 2.86 bits per heavy atom. The fourth-order valence-electron chi connectivity index (χ4n) is 0.917. The highest BCUT2D eigenvalue weighted by atomic mass is 16.6. The van der Waals surface area contributed by atoms with Crippen LogP contribution in [-0.4, -0.2) is 30.8 Å². The molecule has 1 heterocycles. The second-order valence-corrected chi connectivity index (χ2v) is 2.42. The molecule has 0 aliphatic rings. The summed E-state index contributed by atoms with van der Waals surface area (Å²) in [6, 6.07) is 5.22. The summed E-state index contributed by atoms with van der Waals surface area (Å²) in [5.74, 6) is -0.328. The van der Waals surface area contributed by atoms with E-state index in [9.17, 15) is 4.79 Å². The number of nitrogens with zero attached hydrogens (tertiary/aromatic N) is 2. The van der Waals surface area contributed by atoms with Crippen LogP contribution in [0.3, 0.4) is 0 Å². The lowest BCUT2D eigenvalue weighted by Gasteiger charge is -2.02. The molecule has 0 radical (unpaired) electrons. The Morgan fingerprint density at radius 1 is 1.57 bits per heavy atom. The lowest BCUT2D eigenvalue weighted by molar-refractivity contribution is -0.114. The summed E-state index contributed by atoms with van der Waals surface area (Å²) in [6.07, 6.45) is 1.59. The Hall–Kier alpha value is -1.91. The molecule has 1 amide bonds. The smallest absolute Gasteiger partial charge is 0.275 e. The molecule has 1 rings (SSSR count). The first kappa shape index (κ1) is 10.2. The molecule has 0 aromatic carbocycles. The summed E-state index contributed by atoms with van der Waals surface area (Å²) in [5.41, 5.74) is 0.643. The van der Waals surface area contributed by atoms with Crippen molar-refractivity contribution in [2.24, 2.45) is 5.16 Å². The lowest BCUT2D eigenvalue weighted by Crippen LogP contribution is -2.29. The number of carbonyl (C=O) groups excluding carboxylic acids is 1. The zero-order valence-electron chi connectivity index (χ0n) is 8.02. The molecule has 1 aromatic rings. The van der Waals surface area contributed by atoms with Crippen LogP contribution in [0.1, 0.15) is 5.69 Å². The molecular formula is C9H11N3O2. The van der Waals surface area contributed by atoms with Crippen LogP contribution in [0.15, 0.2) is 29.6 Å². The van der Waals surface area contributed by atoms with Crippen molar-refractivity contribution in [2.45, 2.75) is 0 Å². The van der Waals surface area contributed by atoms with Crippen molar-refractivity contribution in [3.05, 3.63) is 30.1 Å². The van der Waals surface area contributed by atoms with Crippen molar-refractivity contribution in [1.29, 1.82) is 0 Å². The molecule has 0 spiro atoms. The molecule has 74 valence electrons.